The summed E-state index contributed by atoms with van der Waals surface area (Å²) >= 11 is 1.91. The zero-order chi connectivity index (χ0) is 11.3. The lowest BCUT2D eigenvalue weighted by molar-refractivity contribution is 0.171. The fraction of sp³-hybridized carbons (Fsp3) is 0.714. The van der Waals surface area contributed by atoms with E-state index >= 15 is 0 Å². The minimum atomic E-state index is 0.594. The van der Waals surface area contributed by atoms with E-state index in [1.54, 1.807) is 4.88 Å². The van der Waals surface area contributed by atoms with Crippen LogP contribution in [0.3, 0.4) is 0 Å². The van der Waals surface area contributed by atoms with Gasteiger partial charge < -0.3 is 5.32 Å². The van der Waals surface area contributed by atoms with E-state index in [0.717, 1.165) is 0 Å². The van der Waals surface area contributed by atoms with Gasteiger partial charge in [-0.05, 0) is 49.6 Å². The van der Waals surface area contributed by atoms with Crippen molar-refractivity contribution in [2.45, 2.75) is 44.9 Å². The minimum absolute atomic E-state index is 0.594. The molecule has 1 saturated carbocycles. The maximum absolute atomic E-state index is 3.41. The molecule has 0 bridgehead atoms. The van der Waals surface area contributed by atoms with Gasteiger partial charge in [-0.3, -0.25) is 0 Å². The van der Waals surface area contributed by atoms with Crippen LogP contribution in [-0.4, -0.2) is 13.6 Å². The van der Waals surface area contributed by atoms with Crippen molar-refractivity contribution >= 4 is 11.3 Å². The molecule has 1 N–H and O–H groups in total. The molecular weight excluding hydrogens is 214 g/mol. The molecule has 0 amide bonds. The van der Waals surface area contributed by atoms with Crippen LogP contribution in [0.2, 0.25) is 0 Å². The Kier molecular flexibility index (Phi) is 4.42. The van der Waals surface area contributed by atoms with E-state index in [0.29, 0.717) is 5.41 Å². The molecule has 0 radical (unpaired) electrons. The number of thiophene rings is 1. The van der Waals surface area contributed by atoms with Crippen molar-refractivity contribution in [2.24, 2.45) is 5.41 Å². The molecule has 0 aliphatic heterocycles. The lowest BCUT2D eigenvalue weighted by atomic mass is 9.71. The largest absolute Gasteiger partial charge is 0.319 e. The summed E-state index contributed by atoms with van der Waals surface area (Å²) in [6.45, 7) is 1.21. The van der Waals surface area contributed by atoms with Crippen molar-refractivity contribution in [2.75, 3.05) is 13.6 Å². The molecule has 0 atom stereocenters. The molecule has 2 rings (SSSR count). The summed E-state index contributed by atoms with van der Waals surface area (Å²) in [6, 6.07) is 4.45. The molecule has 90 valence electrons. The van der Waals surface area contributed by atoms with E-state index in [1.807, 2.05) is 11.3 Å². The Morgan fingerprint density at radius 1 is 1.31 bits per heavy atom. The Labute approximate surface area is 103 Å². The van der Waals surface area contributed by atoms with Gasteiger partial charge in [0, 0.05) is 11.4 Å². The molecule has 0 spiro atoms. The molecule has 16 heavy (non-hydrogen) atoms. The number of nitrogens with one attached hydrogen (secondary N) is 1. The molecule has 0 aromatic carbocycles. The van der Waals surface area contributed by atoms with Crippen LogP contribution in [0.4, 0.5) is 0 Å². The summed E-state index contributed by atoms with van der Waals surface area (Å²) in [5.74, 6) is 0. The minimum Gasteiger partial charge on any atom is -0.319 e. The molecule has 1 aliphatic carbocycles. The van der Waals surface area contributed by atoms with Crippen molar-refractivity contribution in [3.8, 4) is 0 Å². The van der Waals surface area contributed by atoms with Gasteiger partial charge in [-0.1, -0.05) is 25.3 Å². The number of hydrogen-bond donors (Lipinski definition) is 1. The molecule has 1 aromatic heterocycles. The first-order chi connectivity index (χ1) is 7.85. The Balaban J connectivity index is 1.91. The highest BCUT2D eigenvalue weighted by atomic mass is 32.1. The molecule has 2 heteroatoms. The lowest BCUT2D eigenvalue weighted by Crippen LogP contribution is -2.35. The van der Waals surface area contributed by atoms with E-state index in [-0.39, 0.29) is 0 Å². The molecule has 1 nitrogen and oxygen atoms in total. The number of rotatable bonds is 5. The summed E-state index contributed by atoms with van der Waals surface area (Å²) in [6.07, 6.45) is 9.83. The second-order valence-electron chi connectivity index (χ2n) is 5.17. The molecule has 1 fully saturated rings. The maximum Gasteiger partial charge on any atom is 0.00454 e. The molecular formula is C14H23NS. The van der Waals surface area contributed by atoms with Crippen molar-refractivity contribution in [3.63, 3.8) is 0 Å². The van der Waals surface area contributed by atoms with E-state index in [2.05, 4.69) is 29.9 Å². The third-order valence-corrected chi connectivity index (χ3v) is 4.88. The molecule has 0 saturated heterocycles. The van der Waals surface area contributed by atoms with Gasteiger partial charge in [-0.15, -0.1) is 11.3 Å². The van der Waals surface area contributed by atoms with Gasteiger partial charge in [-0.2, -0.15) is 0 Å². The van der Waals surface area contributed by atoms with Crippen LogP contribution in [0, 0.1) is 5.41 Å². The standard InChI is InChI=1S/C14H23NS/c1-15-12-14(8-3-2-4-9-14)10-7-13-6-5-11-16-13/h5-6,11,15H,2-4,7-10,12H2,1H3. The second kappa shape index (κ2) is 5.83. The highest BCUT2D eigenvalue weighted by Crippen LogP contribution is 2.39. The fourth-order valence-corrected chi connectivity index (χ4v) is 3.74. The van der Waals surface area contributed by atoms with Crippen LogP contribution in [0.15, 0.2) is 17.5 Å². The Morgan fingerprint density at radius 2 is 2.12 bits per heavy atom. The topological polar surface area (TPSA) is 12.0 Å². The predicted molar refractivity (Wildman–Crippen MR) is 72.1 cm³/mol. The van der Waals surface area contributed by atoms with Crippen LogP contribution in [0.5, 0.6) is 0 Å². The maximum atomic E-state index is 3.41. The summed E-state index contributed by atoms with van der Waals surface area (Å²) in [5.41, 5.74) is 0.594. The molecule has 1 aliphatic rings. The van der Waals surface area contributed by atoms with Crippen molar-refractivity contribution in [1.29, 1.82) is 0 Å². The first-order valence-corrected chi connectivity index (χ1v) is 7.40. The average Bonchev–Trinajstić information content (AvgIpc) is 2.81. The van der Waals surface area contributed by atoms with Gasteiger partial charge in [0.05, 0.1) is 0 Å². The van der Waals surface area contributed by atoms with Gasteiger partial charge in [-0.25, -0.2) is 0 Å². The SMILES string of the molecule is CNCC1(CCc2cccs2)CCCCC1. The van der Waals surface area contributed by atoms with Crippen molar-refractivity contribution < 1.29 is 0 Å². The smallest absolute Gasteiger partial charge is 0.00454 e. The van der Waals surface area contributed by atoms with Gasteiger partial charge in [0.1, 0.15) is 0 Å². The van der Waals surface area contributed by atoms with Crippen molar-refractivity contribution in [3.05, 3.63) is 22.4 Å². The summed E-state index contributed by atoms with van der Waals surface area (Å²) in [4.78, 5) is 1.56. The average molecular weight is 237 g/mol. The fourth-order valence-electron chi connectivity index (χ4n) is 3.04. The summed E-state index contributed by atoms with van der Waals surface area (Å²) in [5, 5.41) is 5.61. The van der Waals surface area contributed by atoms with Gasteiger partial charge >= 0.3 is 0 Å². The van der Waals surface area contributed by atoms with Gasteiger partial charge in [0.15, 0.2) is 0 Å². The van der Waals surface area contributed by atoms with E-state index in [4.69, 9.17) is 0 Å². The van der Waals surface area contributed by atoms with Crippen LogP contribution >= 0.6 is 11.3 Å². The van der Waals surface area contributed by atoms with Crippen LogP contribution < -0.4 is 5.32 Å². The Hall–Kier alpha value is -0.340. The zero-order valence-corrected chi connectivity index (χ0v) is 11.1. The van der Waals surface area contributed by atoms with E-state index in [1.165, 1.54) is 51.5 Å². The molecule has 1 heterocycles. The molecule has 1 aromatic rings. The monoisotopic (exact) mass is 237 g/mol. The van der Waals surface area contributed by atoms with Crippen LogP contribution in [0.1, 0.15) is 43.4 Å². The Bertz CT molecular complexity index is 280. The van der Waals surface area contributed by atoms with E-state index in [9.17, 15) is 0 Å². The van der Waals surface area contributed by atoms with Gasteiger partial charge in [0.25, 0.3) is 0 Å². The molecule has 0 unspecified atom stereocenters. The predicted octanol–water partition coefficient (Wildman–Crippen LogP) is 3.85. The van der Waals surface area contributed by atoms with Crippen molar-refractivity contribution in [1.82, 2.24) is 5.32 Å². The Morgan fingerprint density at radius 3 is 2.75 bits per heavy atom. The first kappa shape index (κ1) is 12.1. The highest BCUT2D eigenvalue weighted by Gasteiger charge is 2.30. The number of aryl methyl sites for hydroxylation is 1. The zero-order valence-electron chi connectivity index (χ0n) is 10.3. The van der Waals surface area contributed by atoms with E-state index < -0.39 is 0 Å². The normalized spacial score (nSPS) is 19.8. The van der Waals surface area contributed by atoms with Gasteiger partial charge in [0.2, 0.25) is 0 Å². The third-order valence-electron chi connectivity index (χ3n) is 3.95. The summed E-state index contributed by atoms with van der Waals surface area (Å²) < 4.78 is 0. The van der Waals surface area contributed by atoms with Crippen LogP contribution in [0.25, 0.3) is 0 Å². The quantitative estimate of drug-likeness (QED) is 0.820. The lowest BCUT2D eigenvalue weighted by Gasteiger charge is -2.37. The highest BCUT2D eigenvalue weighted by molar-refractivity contribution is 7.09. The first-order valence-electron chi connectivity index (χ1n) is 6.52. The second-order valence-corrected chi connectivity index (χ2v) is 6.20. The third kappa shape index (κ3) is 3.08. The summed E-state index contributed by atoms with van der Waals surface area (Å²) in [7, 11) is 2.10. The van der Waals surface area contributed by atoms with Crippen LogP contribution in [-0.2, 0) is 6.42 Å². The number of hydrogen-bond acceptors (Lipinski definition) is 2.